The Morgan fingerprint density at radius 2 is 1.52 bits per heavy atom. The van der Waals surface area contributed by atoms with Crippen LogP contribution in [-0.4, -0.2) is 40.9 Å². The zero-order chi connectivity index (χ0) is 16.2. The largest absolute Gasteiger partial charge is 0.336 e. The summed E-state index contributed by atoms with van der Waals surface area (Å²) in [6, 6.07) is 8.55. The topological polar surface area (TPSA) is 23.6 Å². The molecule has 0 aromatic heterocycles. The van der Waals surface area contributed by atoms with Gasteiger partial charge < -0.3 is 4.90 Å². The van der Waals surface area contributed by atoms with Gasteiger partial charge in [0.2, 0.25) is 5.91 Å². The SMILES string of the molecule is CC(C)N(C(=O)[C@@H](C)N(C)Cc1ccc(Br)cc1)C(C)C. The summed E-state index contributed by atoms with van der Waals surface area (Å²) >= 11 is 3.44. The second-order valence-corrected chi connectivity index (χ2v) is 7.07. The number of halogens is 1. The van der Waals surface area contributed by atoms with Gasteiger partial charge in [-0.05, 0) is 59.4 Å². The van der Waals surface area contributed by atoms with E-state index in [1.165, 1.54) is 5.56 Å². The zero-order valence-corrected chi connectivity index (χ0v) is 15.5. The smallest absolute Gasteiger partial charge is 0.240 e. The second kappa shape index (κ2) is 7.95. The van der Waals surface area contributed by atoms with E-state index in [1.54, 1.807) is 0 Å². The first-order valence-corrected chi connectivity index (χ1v) is 8.30. The number of carbonyl (C=O) groups excluding carboxylic acids is 1. The number of likely N-dealkylation sites (N-methyl/N-ethyl adjacent to an activating group) is 1. The highest BCUT2D eigenvalue weighted by Gasteiger charge is 2.27. The van der Waals surface area contributed by atoms with Crippen LogP contribution in [0.5, 0.6) is 0 Å². The van der Waals surface area contributed by atoms with Gasteiger partial charge in [-0.15, -0.1) is 0 Å². The van der Waals surface area contributed by atoms with E-state index in [9.17, 15) is 4.79 Å². The summed E-state index contributed by atoms with van der Waals surface area (Å²) in [5.41, 5.74) is 1.21. The summed E-state index contributed by atoms with van der Waals surface area (Å²) in [5, 5.41) is 0. The molecule has 0 aliphatic carbocycles. The minimum atomic E-state index is -0.126. The molecule has 0 aliphatic heterocycles. The summed E-state index contributed by atoms with van der Waals surface area (Å²) in [7, 11) is 2.00. The van der Waals surface area contributed by atoms with Crippen molar-refractivity contribution in [1.82, 2.24) is 9.80 Å². The van der Waals surface area contributed by atoms with Gasteiger partial charge in [-0.3, -0.25) is 9.69 Å². The van der Waals surface area contributed by atoms with Gasteiger partial charge in [0.05, 0.1) is 6.04 Å². The van der Waals surface area contributed by atoms with Gasteiger partial charge in [0.15, 0.2) is 0 Å². The summed E-state index contributed by atoms with van der Waals surface area (Å²) in [4.78, 5) is 16.8. The summed E-state index contributed by atoms with van der Waals surface area (Å²) in [5.74, 6) is 0.194. The molecule has 0 spiro atoms. The average molecular weight is 355 g/mol. The quantitative estimate of drug-likeness (QED) is 0.772. The molecular formula is C17H27BrN2O. The van der Waals surface area contributed by atoms with Gasteiger partial charge >= 0.3 is 0 Å². The van der Waals surface area contributed by atoms with Crippen LogP contribution in [0.4, 0.5) is 0 Å². The van der Waals surface area contributed by atoms with Gasteiger partial charge in [-0.25, -0.2) is 0 Å². The van der Waals surface area contributed by atoms with E-state index in [2.05, 4.69) is 60.7 Å². The molecule has 118 valence electrons. The molecule has 0 aliphatic rings. The first-order chi connectivity index (χ1) is 9.73. The van der Waals surface area contributed by atoms with Crippen molar-refractivity contribution in [2.24, 2.45) is 0 Å². The van der Waals surface area contributed by atoms with Crippen LogP contribution in [0, 0.1) is 0 Å². The van der Waals surface area contributed by atoms with E-state index < -0.39 is 0 Å². The van der Waals surface area contributed by atoms with Crippen molar-refractivity contribution >= 4 is 21.8 Å². The van der Waals surface area contributed by atoms with Crippen molar-refractivity contribution in [2.45, 2.75) is 59.3 Å². The Kier molecular flexibility index (Phi) is 6.88. The van der Waals surface area contributed by atoms with E-state index in [1.807, 2.05) is 31.0 Å². The number of rotatable bonds is 6. The van der Waals surface area contributed by atoms with Crippen LogP contribution in [0.2, 0.25) is 0 Å². The van der Waals surface area contributed by atoms with Gasteiger partial charge in [0.1, 0.15) is 0 Å². The predicted octanol–water partition coefficient (Wildman–Crippen LogP) is 3.91. The lowest BCUT2D eigenvalue weighted by atomic mass is 10.1. The van der Waals surface area contributed by atoms with Crippen LogP contribution < -0.4 is 0 Å². The summed E-state index contributed by atoms with van der Waals surface area (Å²) in [6.07, 6.45) is 0. The standard InChI is InChI=1S/C17H27BrN2O/c1-12(2)20(13(3)4)17(21)14(5)19(6)11-15-7-9-16(18)10-8-15/h7-10,12-14H,11H2,1-6H3/t14-/m1/s1. The van der Waals surface area contributed by atoms with E-state index in [-0.39, 0.29) is 24.0 Å². The minimum Gasteiger partial charge on any atom is -0.336 e. The summed E-state index contributed by atoms with van der Waals surface area (Å²) in [6.45, 7) is 11.0. The van der Waals surface area contributed by atoms with Crippen LogP contribution in [0.1, 0.15) is 40.2 Å². The van der Waals surface area contributed by atoms with Crippen LogP contribution >= 0.6 is 15.9 Å². The van der Waals surface area contributed by atoms with Crippen LogP contribution in [0.25, 0.3) is 0 Å². The molecule has 0 radical (unpaired) electrons. The van der Waals surface area contributed by atoms with Crippen molar-refractivity contribution < 1.29 is 4.79 Å². The Labute approximate surface area is 137 Å². The maximum absolute atomic E-state index is 12.7. The van der Waals surface area contributed by atoms with Gasteiger partial charge in [0, 0.05) is 23.1 Å². The number of amides is 1. The molecule has 0 N–H and O–H groups in total. The molecule has 21 heavy (non-hydrogen) atoms. The Morgan fingerprint density at radius 1 is 1.05 bits per heavy atom. The number of hydrogen-bond acceptors (Lipinski definition) is 2. The number of nitrogens with zero attached hydrogens (tertiary/aromatic N) is 2. The second-order valence-electron chi connectivity index (χ2n) is 6.15. The predicted molar refractivity (Wildman–Crippen MR) is 92.2 cm³/mol. The number of benzene rings is 1. The first-order valence-electron chi connectivity index (χ1n) is 7.51. The van der Waals surface area contributed by atoms with Crippen molar-refractivity contribution in [3.63, 3.8) is 0 Å². The maximum atomic E-state index is 12.7. The van der Waals surface area contributed by atoms with Crippen molar-refractivity contribution in [3.8, 4) is 0 Å². The Hall–Kier alpha value is -0.870. The molecule has 1 aromatic rings. The fraction of sp³-hybridized carbons (Fsp3) is 0.588. The normalized spacial score (nSPS) is 13.0. The molecule has 0 unspecified atom stereocenters. The molecule has 3 nitrogen and oxygen atoms in total. The monoisotopic (exact) mass is 354 g/mol. The molecule has 0 fully saturated rings. The highest BCUT2D eigenvalue weighted by Crippen LogP contribution is 2.15. The van der Waals surface area contributed by atoms with Crippen molar-refractivity contribution in [3.05, 3.63) is 34.3 Å². The fourth-order valence-electron chi connectivity index (χ4n) is 2.52. The van der Waals surface area contributed by atoms with Gasteiger partial charge in [0.25, 0.3) is 0 Å². The van der Waals surface area contributed by atoms with E-state index in [0.29, 0.717) is 0 Å². The van der Waals surface area contributed by atoms with Gasteiger partial charge in [-0.2, -0.15) is 0 Å². The highest BCUT2D eigenvalue weighted by atomic mass is 79.9. The minimum absolute atomic E-state index is 0.126. The molecule has 4 heteroatoms. The van der Waals surface area contributed by atoms with Crippen LogP contribution in [0.15, 0.2) is 28.7 Å². The van der Waals surface area contributed by atoms with Crippen molar-refractivity contribution in [2.75, 3.05) is 7.05 Å². The third-order valence-electron chi connectivity index (χ3n) is 3.73. The third kappa shape index (κ3) is 5.11. The Bertz CT molecular complexity index is 448. The van der Waals surface area contributed by atoms with E-state index in [0.717, 1.165) is 11.0 Å². The highest BCUT2D eigenvalue weighted by molar-refractivity contribution is 9.10. The average Bonchev–Trinajstić information content (AvgIpc) is 2.39. The molecule has 1 atom stereocenters. The Balaban J connectivity index is 2.74. The van der Waals surface area contributed by atoms with Crippen LogP contribution in [0.3, 0.4) is 0 Å². The van der Waals surface area contributed by atoms with Crippen LogP contribution in [-0.2, 0) is 11.3 Å². The van der Waals surface area contributed by atoms with E-state index >= 15 is 0 Å². The number of carbonyl (C=O) groups is 1. The molecule has 0 heterocycles. The molecule has 0 saturated heterocycles. The van der Waals surface area contributed by atoms with Crippen molar-refractivity contribution in [1.29, 1.82) is 0 Å². The molecule has 1 aromatic carbocycles. The molecule has 1 amide bonds. The third-order valence-corrected chi connectivity index (χ3v) is 4.26. The van der Waals surface area contributed by atoms with Gasteiger partial charge in [-0.1, -0.05) is 28.1 Å². The lowest BCUT2D eigenvalue weighted by Crippen LogP contribution is -2.50. The molecule has 1 rings (SSSR count). The Morgan fingerprint density at radius 3 is 1.95 bits per heavy atom. The summed E-state index contributed by atoms with van der Waals surface area (Å²) < 4.78 is 1.07. The molecular weight excluding hydrogens is 328 g/mol. The fourth-order valence-corrected chi connectivity index (χ4v) is 2.79. The molecule has 0 saturated carbocycles. The molecule has 0 bridgehead atoms. The maximum Gasteiger partial charge on any atom is 0.240 e. The lowest BCUT2D eigenvalue weighted by Gasteiger charge is -2.35. The van der Waals surface area contributed by atoms with E-state index in [4.69, 9.17) is 0 Å². The number of hydrogen-bond donors (Lipinski definition) is 0. The first kappa shape index (κ1) is 18.2. The lowest BCUT2D eigenvalue weighted by molar-refractivity contribution is -0.139. The zero-order valence-electron chi connectivity index (χ0n) is 13.9.